The van der Waals surface area contributed by atoms with Crippen molar-refractivity contribution in [3.05, 3.63) is 0 Å². The van der Waals surface area contributed by atoms with Gasteiger partial charge in [0.15, 0.2) is 0 Å². The lowest BCUT2D eigenvalue weighted by atomic mass is 9.86. The highest BCUT2D eigenvalue weighted by Gasteiger charge is 2.42. The molecule has 0 aromatic heterocycles. The second-order valence-corrected chi connectivity index (χ2v) is 6.14. The zero-order valence-corrected chi connectivity index (χ0v) is 11.8. The molecular formula is C14H24N2O3. The summed E-state index contributed by atoms with van der Waals surface area (Å²) in [4.78, 5) is 25.2. The molecule has 1 unspecified atom stereocenters. The van der Waals surface area contributed by atoms with Crippen molar-refractivity contribution in [1.82, 2.24) is 10.2 Å². The normalized spacial score (nSPS) is 22.8. The van der Waals surface area contributed by atoms with Crippen molar-refractivity contribution in [2.75, 3.05) is 13.6 Å². The summed E-state index contributed by atoms with van der Waals surface area (Å²) in [6.07, 6.45) is 5.61. The number of amides is 2. The van der Waals surface area contributed by atoms with Crippen LogP contribution in [0.25, 0.3) is 0 Å². The Morgan fingerprint density at radius 2 is 1.95 bits per heavy atom. The summed E-state index contributed by atoms with van der Waals surface area (Å²) in [5.74, 6) is -0.154. The van der Waals surface area contributed by atoms with Crippen molar-refractivity contribution in [1.29, 1.82) is 0 Å². The molecular weight excluding hydrogens is 244 g/mol. The van der Waals surface area contributed by atoms with Crippen LogP contribution >= 0.6 is 0 Å². The number of carboxylic acid groups (broad SMARTS) is 1. The first-order chi connectivity index (χ1) is 8.96. The number of nitrogens with one attached hydrogen (secondary N) is 1. The highest BCUT2D eigenvalue weighted by Crippen LogP contribution is 2.38. The van der Waals surface area contributed by atoms with Gasteiger partial charge in [-0.1, -0.05) is 12.8 Å². The van der Waals surface area contributed by atoms with Crippen LogP contribution in [0.1, 0.15) is 45.4 Å². The molecule has 0 heterocycles. The van der Waals surface area contributed by atoms with Crippen molar-refractivity contribution in [2.24, 2.45) is 11.3 Å². The van der Waals surface area contributed by atoms with E-state index in [-0.39, 0.29) is 18.6 Å². The molecule has 2 N–H and O–H groups in total. The van der Waals surface area contributed by atoms with Crippen molar-refractivity contribution in [3.63, 3.8) is 0 Å². The summed E-state index contributed by atoms with van der Waals surface area (Å²) in [7, 11) is 1.79. The number of nitrogens with zero attached hydrogens (tertiary/aromatic N) is 1. The fraction of sp³-hybridized carbons (Fsp3) is 0.857. The van der Waals surface area contributed by atoms with E-state index < -0.39 is 11.4 Å². The van der Waals surface area contributed by atoms with Gasteiger partial charge in [0, 0.05) is 19.6 Å². The molecule has 2 aliphatic carbocycles. The lowest BCUT2D eigenvalue weighted by Crippen LogP contribution is -2.48. The number of carbonyl (C=O) groups is 2. The minimum absolute atomic E-state index is 0.146. The molecule has 2 amide bonds. The van der Waals surface area contributed by atoms with Gasteiger partial charge in [0.25, 0.3) is 0 Å². The third-order valence-electron chi connectivity index (χ3n) is 4.83. The summed E-state index contributed by atoms with van der Waals surface area (Å²) in [6, 6.07) is 0.0938. The molecule has 0 bridgehead atoms. The van der Waals surface area contributed by atoms with Gasteiger partial charge in [-0.15, -0.1) is 0 Å². The zero-order chi connectivity index (χ0) is 14.0. The number of carbonyl (C=O) groups excluding carboxylic acids is 1. The predicted octanol–water partition coefficient (Wildman–Crippen LogP) is 2.07. The van der Waals surface area contributed by atoms with Gasteiger partial charge in [-0.3, -0.25) is 4.79 Å². The molecule has 2 aliphatic rings. The predicted molar refractivity (Wildman–Crippen MR) is 71.9 cm³/mol. The van der Waals surface area contributed by atoms with Crippen LogP contribution in [0.2, 0.25) is 0 Å². The van der Waals surface area contributed by atoms with Crippen molar-refractivity contribution >= 4 is 12.0 Å². The first kappa shape index (κ1) is 14.2. The molecule has 5 heteroatoms. The topological polar surface area (TPSA) is 69.6 Å². The van der Waals surface area contributed by atoms with Crippen LogP contribution in [0.15, 0.2) is 0 Å². The van der Waals surface area contributed by atoms with E-state index in [1.807, 2.05) is 0 Å². The lowest BCUT2D eigenvalue weighted by Gasteiger charge is -2.29. The summed E-state index contributed by atoms with van der Waals surface area (Å²) < 4.78 is 0. The van der Waals surface area contributed by atoms with Crippen LogP contribution in [-0.2, 0) is 4.79 Å². The maximum absolute atomic E-state index is 12.1. The van der Waals surface area contributed by atoms with Crippen molar-refractivity contribution in [3.8, 4) is 0 Å². The number of aliphatic carboxylic acids is 1. The van der Waals surface area contributed by atoms with Crippen molar-refractivity contribution < 1.29 is 14.7 Å². The van der Waals surface area contributed by atoms with Gasteiger partial charge in [-0.25, -0.2) is 4.79 Å². The molecule has 0 saturated heterocycles. The quantitative estimate of drug-likeness (QED) is 0.802. The molecule has 0 radical (unpaired) electrons. The Morgan fingerprint density at radius 3 is 2.42 bits per heavy atom. The van der Waals surface area contributed by atoms with E-state index in [9.17, 15) is 14.7 Å². The highest BCUT2D eigenvalue weighted by atomic mass is 16.4. The molecule has 0 aromatic carbocycles. The van der Waals surface area contributed by atoms with Gasteiger partial charge < -0.3 is 15.3 Å². The standard InChI is InChI=1S/C14H24N2O3/c1-10(11-5-6-11)16(2)13(19)15-9-14(12(17)18)7-3-4-8-14/h10-11H,3-9H2,1-2H3,(H,15,19)(H,17,18). The third kappa shape index (κ3) is 3.01. The molecule has 0 aliphatic heterocycles. The van der Waals surface area contributed by atoms with Gasteiger partial charge in [0.1, 0.15) is 0 Å². The minimum Gasteiger partial charge on any atom is -0.481 e. The van der Waals surface area contributed by atoms with E-state index in [0.717, 1.165) is 12.8 Å². The Morgan fingerprint density at radius 1 is 1.37 bits per heavy atom. The summed E-state index contributed by atoms with van der Waals surface area (Å²) in [5, 5.41) is 12.2. The Kier molecular flexibility index (Phi) is 4.02. The van der Waals surface area contributed by atoms with E-state index in [0.29, 0.717) is 18.8 Å². The zero-order valence-electron chi connectivity index (χ0n) is 11.8. The molecule has 19 heavy (non-hydrogen) atoms. The lowest BCUT2D eigenvalue weighted by molar-refractivity contribution is -0.148. The SMILES string of the molecule is CC(C1CC1)N(C)C(=O)NCC1(C(=O)O)CCCC1. The third-order valence-corrected chi connectivity index (χ3v) is 4.83. The van der Waals surface area contributed by atoms with Crippen LogP contribution in [-0.4, -0.2) is 41.6 Å². The van der Waals surface area contributed by atoms with Gasteiger partial charge in [0.05, 0.1) is 5.41 Å². The molecule has 2 rings (SSSR count). The second-order valence-electron chi connectivity index (χ2n) is 6.14. The van der Waals surface area contributed by atoms with Crippen LogP contribution in [0.3, 0.4) is 0 Å². The monoisotopic (exact) mass is 268 g/mol. The van der Waals surface area contributed by atoms with Crippen molar-refractivity contribution in [2.45, 2.75) is 51.5 Å². The first-order valence-electron chi connectivity index (χ1n) is 7.20. The highest BCUT2D eigenvalue weighted by molar-refractivity contribution is 5.78. The fourth-order valence-corrected chi connectivity index (χ4v) is 2.97. The number of carboxylic acids is 1. The smallest absolute Gasteiger partial charge is 0.317 e. The summed E-state index contributed by atoms with van der Waals surface area (Å²) >= 11 is 0. The molecule has 0 spiro atoms. The molecule has 108 valence electrons. The Bertz CT molecular complexity index is 360. The van der Waals surface area contributed by atoms with Crippen LogP contribution in [0.4, 0.5) is 4.79 Å². The average Bonchev–Trinajstić information content (AvgIpc) is 3.12. The second kappa shape index (κ2) is 5.39. The van der Waals surface area contributed by atoms with Crippen LogP contribution in [0.5, 0.6) is 0 Å². The Labute approximate surface area is 114 Å². The first-order valence-corrected chi connectivity index (χ1v) is 7.20. The Balaban J connectivity index is 1.86. The van der Waals surface area contributed by atoms with E-state index >= 15 is 0 Å². The van der Waals surface area contributed by atoms with Gasteiger partial charge in [0.2, 0.25) is 0 Å². The van der Waals surface area contributed by atoms with Gasteiger partial charge in [-0.2, -0.15) is 0 Å². The van der Waals surface area contributed by atoms with E-state index in [1.54, 1.807) is 11.9 Å². The van der Waals surface area contributed by atoms with Gasteiger partial charge in [-0.05, 0) is 38.5 Å². The molecule has 2 saturated carbocycles. The number of hydrogen-bond acceptors (Lipinski definition) is 2. The molecule has 1 atom stereocenters. The molecule has 5 nitrogen and oxygen atoms in total. The maximum Gasteiger partial charge on any atom is 0.317 e. The summed E-state index contributed by atoms with van der Waals surface area (Å²) in [6.45, 7) is 2.31. The van der Waals surface area contributed by atoms with E-state index in [4.69, 9.17) is 0 Å². The number of hydrogen-bond donors (Lipinski definition) is 2. The number of urea groups is 1. The van der Waals surface area contributed by atoms with Gasteiger partial charge >= 0.3 is 12.0 Å². The largest absolute Gasteiger partial charge is 0.481 e. The van der Waals surface area contributed by atoms with E-state index in [2.05, 4.69) is 12.2 Å². The fourth-order valence-electron chi connectivity index (χ4n) is 2.97. The molecule has 2 fully saturated rings. The Hall–Kier alpha value is -1.26. The number of rotatable bonds is 5. The molecule has 0 aromatic rings. The van der Waals surface area contributed by atoms with E-state index in [1.165, 1.54) is 12.8 Å². The summed E-state index contributed by atoms with van der Waals surface area (Å²) in [5.41, 5.74) is -0.737. The minimum atomic E-state index is -0.775. The van der Waals surface area contributed by atoms with Crippen LogP contribution in [0, 0.1) is 11.3 Å². The maximum atomic E-state index is 12.1. The van der Waals surface area contributed by atoms with Crippen LogP contribution < -0.4 is 5.32 Å². The average molecular weight is 268 g/mol.